The van der Waals surface area contributed by atoms with Crippen LogP contribution < -0.4 is 5.32 Å². The van der Waals surface area contributed by atoms with Gasteiger partial charge in [0.1, 0.15) is 0 Å². The van der Waals surface area contributed by atoms with Crippen LogP contribution in [0.15, 0.2) is 16.3 Å². The molecule has 1 aromatic heterocycles. The second-order valence-corrected chi connectivity index (χ2v) is 9.00. The molecule has 0 spiro atoms. The minimum Gasteiger partial charge on any atom is -0.315 e. The average Bonchev–Trinajstić information content (AvgIpc) is 3.07. The summed E-state index contributed by atoms with van der Waals surface area (Å²) in [4.78, 5) is 1.40. The highest BCUT2D eigenvalue weighted by molar-refractivity contribution is 7.89. The molecule has 1 saturated carbocycles. The lowest BCUT2D eigenvalue weighted by Crippen LogP contribution is -2.41. The van der Waals surface area contributed by atoms with Crippen molar-refractivity contribution in [3.05, 3.63) is 16.3 Å². The molecule has 0 atom stereocenters. The maximum atomic E-state index is 13.1. The molecule has 0 bridgehead atoms. The minimum atomic E-state index is -3.39. The van der Waals surface area contributed by atoms with E-state index in [1.54, 1.807) is 10.4 Å². The Morgan fingerprint density at radius 2 is 2.05 bits per heavy atom. The lowest BCUT2D eigenvalue weighted by molar-refractivity contribution is 0.292. The molecule has 1 N–H and O–H groups in total. The smallest absolute Gasteiger partial charge is 0.244 e. The highest BCUT2D eigenvalue weighted by Gasteiger charge is 2.35. The Bertz CT molecular complexity index is 546. The van der Waals surface area contributed by atoms with E-state index >= 15 is 0 Å². The van der Waals surface area contributed by atoms with E-state index in [1.165, 1.54) is 11.3 Å². The van der Waals surface area contributed by atoms with Crippen molar-refractivity contribution in [3.8, 4) is 0 Å². The molecule has 0 saturated heterocycles. The maximum Gasteiger partial charge on any atom is 0.244 e. The van der Waals surface area contributed by atoms with Crippen LogP contribution in [0.25, 0.3) is 0 Å². The Hall–Kier alpha value is -0.430. The number of nitrogens with one attached hydrogen (secondary N) is 1. The van der Waals surface area contributed by atoms with Crippen LogP contribution in [0.2, 0.25) is 0 Å². The van der Waals surface area contributed by atoms with Crippen molar-refractivity contribution in [2.45, 2.75) is 57.0 Å². The van der Waals surface area contributed by atoms with Crippen molar-refractivity contribution < 1.29 is 8.42 Å². The van der Waals surface area contributed by atoms with Crippen molar-refractivity contribution in [2.24, 2.45) is 5.92 Å². The first-order chi connectivity index (χ1) is 9.96. The third-order valence-electron chi connectivity index (χ3n) is 3.91. The molecule has 1 aliphatic rings. The fraction of sp³-hybridized carbons (Fsp3) is 0.733. The van der Waals surface area contributed by atoms with Gasteiger partial charge in [-0.05, 0) is 37.3 Å². The van der Waals surface area contributed by atoms with Crippen LogP contribution in [0.1, 0.15) is 44.4 Å². The molecule has 2 rings (SSSR count). The first-order valence-electron chi connectivity index (χ1n) is 7.69. The Morgan fingerprint density at radius 1 is 1.38 bits per heavy atom. The molecule has 1 aromatic rings. The number of hydrogen-bond acceptors (Lipinski definition) is 4. The SMILES string of the molecule is CNCc1sccc1S(=O)(=O)N(CC(C)C)C1CCCC1. The van der Waals surface area contributed by atoms with E-state index in [4.69, 9.17) is 0 Å². The van der Waals surface area contributed by atoms with E-state index < -0.39 is 10.0 Å². The van der Waals surface area contributed by atoms with Crippen LogP contribution in [0.5, 0.6) is 0 Å². The maximum absolute atomic E-state index is 13.1. The van der Waals surface area contributed by atoms with Crippen LogP contribution >= 0.6 is 11.3 Å². The van der Waals surface area contributed by atoms with Crippen molar-refractivity contribution in [1.29, 1.82) is 0 Å². The molecule has 21 heavy (non-hydrogen) atoms. The topological polar surface area (TPSA) is 49.4 Å². The van der Waals surface area contributed by atoms with Gasteiger partial charge >= 0.3 is 0 Å². The third-order valence-corrected chi connectivity index (χ3v) is 6.96. The summed E-state index contributed by atoms with van der Waals surface area (Å²) in [6.45, 7) is 5.38. The summed E-state index contributed by atoms with van der Waals surface area (Å²) in [5.74, 6) is 0.340. The molecule has 0 amide bonds. The number of sulfonamides is 1. The van der Waals surface area contributed by atoms with E-state index in [2.05, 4.69) is 19.2 Å². The van der Waals surface area contributed by atoms with Gasteiger partial charge in [-0.1, -0.05) is 26.7 Å². The molecule has 0 aliphatic heterocycles. The minimum absolute atomic E-state index is 0.180. The Kier molecular flexibility index (Phi) is 5.82. The molecule has 0 unspecified atom stereocenters. The van der Waals surface area contributed by atoms with E-state index in [9.17, 15) is 8.42 Å². The molecule has 120 valence electrons. The summed E-state index contributed by atoms with van der Waals surface area (Å²) in [7, 11) is -1.54. The van der Waals surface area contributed by atoms with Gasteiger partial charge in [0.05, 0.1) is 4.90 Å². The molecule has 1 aliphatic carbocycles. The van der Waals surface area contributed by atoms with E-state index in [0.29, 0.717) is 23.9 Å². The van der Waals surface area contributed by atoms with Crippen LogP contribution in [0.3, 0.4) is 0 Å². The predicted molar refractivity (Wildman–Crippen MR) is 88.1 cm³/mol. The number of rotatable bonds is 7. The van der Waals surface area contributed by atoms with Crippen molar-refractivity contribution in [3.63, 3.8) is 0 Å². The molecular weight excluding hydrogens is 304 g/mol. The first-order valence-corrected chi connectivity index (χ1v) is 10.0. The van der Waals surface area contributed by atoms with Gasteiger partial charge in [0.25, 0.3) is 0 Å². The third kappa shape index (κ3) is 3.86. The largest absolute Gasteiger partial charge is 0.315 e. The van der Waals surface area contributed by atoms with Crippen molar-refractivity contribution >= 4 is 21.4 Å². The molecule has 4 nitrogen and oxygen atoms in total. The number of thiophene rings is 1. The first kappa shape index (κ1) is 16.9. The zero-order valence-corrected chi connectivity index (χ0v) is 14.8. The summed E-state index contributed by atoms with van der Waals surface area (Å²) < 4.78 is 28.0. The van der Waals surface area contributed by atoms with E-state index in [-0.39, 0.29) is 6.04 Å². The number of nitrogens with zero attached hydrogens (tertiary/aromatic N) is 1. The van der Waals surface area contributed by atoms with Crippen molar-refractivity contribution in [2.75, 3.05) is 13.6 Å². The molecule has 0 aromatic carbocycles. The molecule has 1 heterocycles. The highest BCUT2D eigenvalue weighted by atomic mass is 32.2. The lowest BCUT2D eigenvalue weighted by Gasteiger charge is -2.29. The van der Waals surface area contributed by atoms with E-state index in [0.717, 1.165) is 30.6 Å². The standard InChI is InChI=1S/C15H26N2O2S2/c1-12(2)11-17(13-6-4-5-7-13)21(18,19)15-8-9-20-14(15)10-16-3/h8-9,12-13,16H,4-7,10-11H2,1-3H3. The summed E-state index contributed by atoms with van der Waals surface area (Å²) in [5.41, 5.74) is 0. The van der Waals surface area contributed by atoms with Crippen LogP contribution in [0, 0.1) is 5.92 Å². The van der Waals surface area contributed by atoms with Crippen molar-refractivity contribution in [1.82, 2.24) is 9.62 Å². The van der Waals surface area contributed by atoms with Gasteiger partial charge in [0.2, 0.25) is 10.0 Å². The monoisotopic (exact) mass is 330 g/mol. The zero-order chi connectivity index (χ0) is 15.5. The quantitative estimate of drug-likeness (QED) is 0.836. The number of hydrogen-bond donors (Lipinski definition) is 1. The molecule has 6 heteroatoms. The molecular formula is C15H26N2O2S2. The Morgan fingerprint density at radius 3 is 2.62 bits per heavy atom. The van der Waals surface area contributed by atoms with Crippen LogP contribution in [0.4, 0.5) is 0 Å². The molecule has 1 fully saturated rings. The zero-order valence-electron chi connectivity index (χ0n) is 13.1. The summed E-state index contributed by atoms with van der Waals surface area (Å²) >= 11 is 1.51. The summed E-state index contributed by atoms with van der Waals surface area (Å²) in [6.07, 6.45) is 4.28. The van der Waals surface area contributed by atoms with Gasteiger partial charge in [0, 0.05) is 24.0 Å². The fourth-order valence-electron chi connectivity index (χ4n) is 2.97. The fourth-order valence-corrected chi connectivity index (χ4v) is 6.25. The second kappa shape index (κ2) is 7.22. The normalized spacial score (nSPS) is 17.2. The average molecular weight is 331 g/mol. The van der Waals surface area contributed by atoms with Gasteiger partial charge in [-0.2, -0.15) is 4.31 Å². The summed E-state index contributed by atoms with van der Waals surface area (Å²) in [6, 6.07) is 1.94. The van der Waals surface area contributed by atoms with Crippen LogP contribution in [-0.4, -0.2) is 32.4 Å². The van der Waals surface area contributed by atoms with E-state index in [1.807, 2.05) is 12.4 Å². The lowest BCUT2D eigenvalue weighted by atomic mass is 10.2. The Balaban J connectivity index is 2.33. The second-order valence-electron chi connectivity index (χ2n) is 6.15. The van der Waals surface area contributed by atoms with Crippen LogP contribution in [-0.2, 0) is 16.6 Å². The van der Waals surface area contributed by atoms with Gasteiger partial charge in [-0.25, -0.2) is 8.42 Å². The van der Waals surface area contributed by atoms with Gasteiger partial charge in [0.15, 0.2) is 0 Å². The highest BCUT2D eigenvalue weighted by Crippen LogP contribution is 2.32. The summed E-state index contributed by atoms with van der Waals surface area (Å²) in [5, 5.41) is 4.94. The predicted octanol–water partition coefficient (Wildman–Crippen LogP) is 3.06. The van der Waals surface area contributed by atoms with Gasteiger partial charge in [-0.3, -0.25) is 0 Å². The van der Waals surface area contributed by atoms with Gasteiger partial charge < -0.3 is 5.32 Å². The van der Waals surface area contributed by atoms with Gasteiger partial charge in [-0.15, -0.1) is 11.3 Å². The molecule has 0 radical (unpaired) electrons. The Labute approximate surface area is 132 Å².